The number of carbonyl (C=O) groups excluding carboxylic acids is 2. The zero-order valence-electron chi connectivity index (χ0n) is 11.3. The monoisotopic (exact) mass is 253 g/mol. The molecule has 5 nitrogen and oxygen atoms in total. The molecule has 102 valence electrons. The molecule has 0 radical (unpaired) electrons. The Bertz CT molecular complexity index is 343. The first-order valence-corrected chi connectivity index (χ1v) is 6.83. The zero-order chi connectivity index (χ0) is 13.3. The van der Waals surface area contributed by atoms with E-state index in [0.717, 1.165) is 12.8 Å². The average Bonchev–Trinajstić information content (AvgIpc) is 2.69. The Morgan fingerprint density at radius 1 is 1.44 bits per heavy atom. The van der Waals surface area contributed by atoms with Crippen LogP contribution in [0.15, 0.2) is 0 Å². The molecule has 2 aliphatic heterocycles. The normalized spacial score (nSPS) is 25.6. The van der Waals surface area contributed by atoms with Crippen LogP contribution < -0.4 is 5.73 Å². The molecular weight excluding hydrogens is 230 g/mol. The molecule has 2 amide bonds. The topological polar surface area (TPSA) is 66.6 Å². The van der Waals surface area contributed by atoms with Gasteiger partial charge in [-0.05, 0) is 18.8 Å². The first-order chi connectivity index (χ1) is 8.49. The van der Waals surface area contributed by atoms with Gasteiger partial charge in [-0.3, -0.25) is 9.59 Å². The molecule has 1 unspecified atom stereocenters. The second kappa shape index (κ2) is 5.26. The highest BCUT2D eigenvalue weighted by Crippen LogP contribution is 2.23. The van der Waals surface area contributed by atoms with Crippen LogP contribution >= 0.6 is 0 Å². The van der Waals surface area contributed by atoms with Gasteiger partial charge in [0.25, 0.3) is 0 Å². The van der Waals surface area contributed by atoms with E-state index in [1.807, 2.05) is 9.80 Å². The fraction of sp³-hybridized carbons (Fsp3) is 0.846. The number of nitrogens with two attached hydrogens (primary N) is 1. The number of piperazine rings is 1. The smallest absolute Gasteiger partial charge is 0.239 e. The number of hydrogen-bond donors (Lipinski definition) is 1. The Balaban J connectivity index is 1.91. The van der Waals surface area contributed by atoms with Crippen LogP contribution in [0.5, 0.6) is 0 Å². The average molecular weight is 253 g/mol. The summed E-state index contributed by atoms with van der Waals surface area (Å²) in [4.78, 5) is 27.5. The maximum Gasteiger partial charge on any atom is 0.239 e. The van der Waals surface area contributed by atoms with Crippen LogP contribution in [-0.2, 0) is 9.59 Å². The molecule has 18 heavy (non-hydrogen) atoms. The van der Waals surface area contributed by atoms with E-state index in [4.69, 9.17) is 5.73 Å². The SMILES string of the molecule is CC(C)C[C@H](N)C(=O)N1CCN2C(=O)CCC2C1. The number of fused-ring (bicyclic) bond motifs is 1. The van der Waals surface area contributed by atoms with Crippen LogP contribution in [0.4, 0.5) is 0 Å². The summed E-state index contributed by atoms with van der Waals surface area (Å²) in [5, 5.41) is 0. The van der Waals surface area contributed by atoms with Crippen LogP contribution in [0, 0.1) is 5.92 Å². The van der Waals surface area contributed by atoms with Gasteiger partial charge in [-0.25, -0.2) is 0 Å². The van der Waals surface area contributed by atoms with E-state index in [1.54, 1.807) is 0 Å². The molecule has 0 saturated carbocycles. The van der Waals surface area contributed by atoms with Crippen LogP contribution in [0.25, 0.3) is 0 Å². The van der Waals surface area contributed by atoms with Gasteiger partial charge in [-0.2, -0.15) is 0 Å². The lowest BCUT2D eigenvalue weighted by Gasteiger charge is -2.38. The fourth-order valence-corrected chi connectivity index (χ4v) is 2.91. The maximum absolute atomic E-state index is 12.2. The summed E-state index contributed by atoms with van der Waals surface area (Å²) in [6.45, 7) is 6.11. The van der Waals surface area contributed by atoms with Crippen LogP contribution in [0.1, 0.15) is 33.1 Å². The Hall–Kier alpha value is -1.10. The van der Waals surface area contributed by atoms with Crippen molar-refractivity contribution in [1.82, 2.24) is 9.80 Å². The van der Waals surface area contributed by atoms with Gasteiger partial charge in [0.1, 0.15) is 0 Å². The predicted octanol–water partition coefficient (Wildman–Crippen LogP) is 0.193. The van der Waals surface area contributed by atoms with E-state index in [2.05, 4.69) is 13.8 Å². The molecule has 0 aromatic carbocycles. The van der Waals surface area contributed by atoms with E-state index in [-0.39, 0.29) is 17.9 Å². The first kappa shape index (κ1) is 13.3. The van der Waals surface area contributed by atoms with Gasteiger partial charge in [0, 0.05) is 32.1 Å². The second-order valence-corrected chi connectivity index (χ2v) is 5.80. The number of hydrogen-bond acceptors (Lipinski definition) is 3. The second-order valence-electron chi connectivity index (χ2n) is 5.80. The lowest BCUT2D eigenvalue weighted by Crippen LogP contribution is -2.56. The Labute approximate surface area is 108 Å². The van der Waals surface area contributed by atoms with Crippen LogP contribution in [0.2, 0.25) is 0 Å². The number of amides is 2. The van der Waals surface area contributed by atoms with Crippen molar-refractivity contribution in [2.24, 2.45) is 11.7 Å². The van der Waals surface area contributed by atoms with Crippen molar-refractivity contribution in [3.05, 3.63) is 0 Å². The van der Waals surface area contributed by atoms with E-state index in [9.17, 15) is 9.59 Å². The number of rotatable bonds is 3. The van der Waals surface area contributed by atoms with Crippen molar-refractivity contribution < 1.29 is 9.59 Å². The van der Waals surface area contributed by atoms with Gasteiger partial charge in [-0.15, -0.1) is 0 Å². The molecule has 0 aliphatic carbocycles. The molecule has 5 heteroatoms. The Morgan fingerprint density at radius 3 is 2.83 bits per heavy atom. The van der Waals surface area contributed by atoms with Crippen LogP contribution in [0.3, 0.4) is 0 Å². The van der Waals surface area contributed by atoms with E-state index >= 15 is 0 Å². The number of nitrogens with zero attached hydrogens (tertiary/aromatic N) is 2. The molecular formula is C13H23N3O2. The minimum Gasteiger partial charge on any atom is -0.338 e. The molecule has 0 aromatic rings. The number of carbonyl (C=O) groups is 2. The Kier molecular flexibility index (Phi) is 3.90. The minimum absolute atomic E-state index is 0.0442. The van der Waals surface area contributed by atoms with Gasteiger partial charge in [0.05, 0.1) is 6.04 Å². The summed E-state index contributed by atoms with van der Waals surface area (Å²) in [5.41, 5.74) is 5.94. The molecule has 2 heterocycles. The van der Waals surface area contributed by atoms with Gasteiger partial charge in [0.15, 0.2) is 0 Å². The first-order valence-electron chi connectivity index (χ1n) is 6.83. The maximum atomic E-state index is 12.2. The highest BCUT2D eigenvalue weighted by Gasteiger charge is 2.37. The van der Waals surface area contributed by atoms with Crippen molar-refractivity contribution in [3.63, 3.8) is 0 Å². The largest absolute Gasteiger partial charge is 0.338 e. The quantitative estimate of drug-likeness (QED) is 0.781. The molecule has 2 aliphatic rings. The summed E-state index contributed by atoms with van der Waals surface area (Å²) < 4.78 is 0. The van der Waals surface area contributed by atoms with Crippen molar-refractivity contribution in [2.45, 2.75) is 45.2 Å². The summed E-state index contributed by atoms with van der Waals surface area (Å²) in [5.74, 6) is 0.708. The highest BCUT2D eigenvalue weighted by atomic mass is 16.2. The zero-order valence-corrected chi connectivity index (χ0v) is 11.3. The van der Waals surface area contributed by atoms with Gasteiger partial charge in [-0.1, -0.05) is 13.8 Å². The third-order valence-corrected chi connectivity index (χ3v) is 3.85. The summed E-state index contributed by atoms with van der Waals surface area (Å²) in [7, 11) is 0. The van der Waals surface area contributed by atoms with Gasteiger partial charge >= 0.3 is 0 Å². The van der Waals surface area contributed by atoms with Crippen molar-refractivity contribution >= 4 is 11.8 Å². The standard InChI is InChI=1S/C13H23N3O2/c1-9(2)7-11(14)13(18)15-5-6-16-10(8-15)3-4-12(16)17/h9-11H,3-8,14H2,1-2H3/t10?,11-/m0/s1. The molecule has 0 bridgehead atoms. The lowest BCUT2D eigenvalue weighted by molar-refractivity contribution is -0.140. The molecule has 0 spiro atoms. The lowest BCUT2D eigenvalue weighted by atomic mass is 10.0. The predicted molar refractivity (Wildman–Crippen MR) is 68.7 cm³/mol. The molecule has 2 saturated heterocycles. The molecule has 2 atom stereocenters. The molecule has 2 rings (SSSR count). The molecule has 2 fully saturated rings. The Morgan fingerprint density at radius 2 is 2.17 bits per heavy atom. The molecule has 0 aromatic heterocycles. The third-order valence-electron chi connectivity index (χ3n) is 3.85. The fourth-order valence-electron chi connectivity index (χ4n) is 2.91. The minimum atomic E-state index is -0.395. The summed E-state index contributed by atoms with van der Waals surface area (Å²) in [6.07, 6.45) is 2.23. The third kappa shape index (κ3) is 2.66. The summed E-state index contributed by atoms with van der Waals surface area (Å²) >= 11 is 0. The van der Waals surface area contributed by atoms with Crippen molar-refractivity contribution in [2.75, 3.05) is 19.6 Å². The van der Waals surface area contributed by atoms with E-state index < -0.39 is 6.04 Å². The van der Waals surface area contributed by atoms with Crippen molar-refractivity contribution in [1.29, 1.82) is 0 Å². The van der Waals surface area contributed by atoms with Gasteiger partial charge in [0.2, 0.25) is 11.8 Å². The van der Waals surface area contributed by atoms with E-state index in [1.165, 1.54) is 0 Å². The van der Waals surface area contributed by atoms with E-state index in [0.29, 0.717) is 32.0 Å². The highest BCUT2D eigenvalue weighted by molar-refractivity contribution is 5.83. The molecule has 2 N–H and O–H groups in total. The van der Waals surface area contributed by atoms with Crippen molar-refractivity contribution in [3.8, 4) is 0 Å². The van der Waals surface area contributed by atoms with Crippen LogP contribution in [-0.4, -0.2) is 53.3 Å². The summed E-state index contributed by atoms with van der Waals surface area (Å²) in [6, 6.07) is -0.171. The van der Waals surface area contributed by atoms with Gasteiger partial charge < -0.3 is 15.5 Å².